The van der Waals surface area contributed by atoms with E-state index in [0.717, 1.165) is 6.42 Å². The van der Waals surface area contributed by atoms with Crippen LogP contribution in [0.15, 0.2) is 0 Å². The summed E-state index contributed by atoms with van der Waals surface area (Å²) in [6.07, 6.45) is 0.537. The summed E-state index contributed by atoms with van der Waals surface area (Å²) in [5.74, 6) is 0. The van der Waals surface area contributed by atoms with Crippen LogP contribution in [0.1, 0.15) is 20.3 Å². The van der Waals surface area contributed by atoms with Gasteiger partial charge in [0.2, 0.25) is 0 Å². The monoisotopic (exact) mass is 132 g/mol. The minimum atomic E-state index is -0.401. The average Bonchev–Trinajstić information content (AvgIpc) is 1.85. The van der Waals surface area contributed by atoms with Crippen LogP contribution in [-0.4, -0.2) is 19.4 Å². The van der Waals surface area contributed by atoms with Gasteiger partial charge in [-0.2, -0.15) is 0 Å². The lowest BCUT2D eigenvalue weighted by atomic mass is 10.5. The van der Waals surface area contributed by atoms with Crippen LogP contribution in [-0.2, 0) is 14.3 Å². The van der Waals surface area contributed by atoms with Gasteiger partial charge in [0, 0.05) is 0 Å². The van der Waals surface area contributed by atoms with E-state index in [0.29, 0.717) is 13.1 Å². The highest BCUT2D eigenvalue weighted by Gasteiger charge is 1.97. The van der Waals surface area contributed by atoms with Gasteiger partial charge >= 0.3 is 0 Å². The molecule has 0 bridgehead atoms. The molecule has 54 valence electrons. The van der Waals surface area contributed by atoms with Crippen molar-refractivity contribution >= 4 is 6.47 Å². The van der Waals surface area contributed by atoms with Gasteiger partial charge in [-0.25, -0.2) is 0 Å². The third-order valence-electron chi connectivity index (χ3n) is 0.804. The van der Waals surface area contributed by atoms with Gasteiger partial charge in [0.1, 0.15) is 0 Å². The van der Waals surface area contributed by atoms with Crippen LogP contribution in [0, 0.1) is 0 Å². The van der Waals surface area contributed by atoms with Gasteiger partial charge in [-0.15, -0.1) is 0 Å². The second-order valence-electron chi connectivity index (χ2n) is 1.67. The summed E-state index contributed by atoms with van der Waals surface area (Å²) in [5, 5.41) is 0. The molecular formula is C6H12O3. The largest absolute Gasteiger partial charge is 0.438 e. The summed E-state index contributed by atoms with van der Waals surface area (Å²) in [5.41, 5.74) is 0. The zero-order chi connectivity index (χ0) is 7.11. The van der Waals surface area contributed by atoms with Crippen LogP contribution in [0.25, 0.3) is 0 Å². The molecule has 0 aliphatic rings. The molecule has 9 heavy (non-hydrogen) atoms. The molecule has 3 nitrogen and oxygen atoms in total. The maximum absolute atomic E-state index is 9.68. The van der Waals surface area contributed by atoms with E-state index in [1.165, 1.54) is 0 Å². The molecule has 0 radical (unpaired) electrons. The van der Waals surface area contributed by atoms with E-state index >= 15 is 0 Å². The summed E-state index contributed by atoms with van der Waals surface area (Å²) in [6, 6.07) is 0. The molecule has 0 aromatic rings. The van der Waals surface area contributed by atoms with Crippen LogP contribution < -0.4 is 0 Å². The molecule has 0 rings (SSSR count). The number of carbonyl (C=O) groups is 1. The highest BCUT2D eigenvalue weighted by molar-refractivity contribution is 5.37. The predicted molar refractivity (Wildman–Crippen MR) is 32.9 cm³/mol. The lowest BCUT2D eigenvalue weighted by Crippen LogP contribution is -2.11. The standard InChI is InChI=1S/C6H12O3/c1-3-4-8-6(2)9-5-7/h5-6H,3-4H2,1-2H3. The first-order chi connectivity index (χ1) is 4.31. The van der Waals surface area contributed by atoms with E-state index in [2.05, 4.69) is 4.74 Å². The molecule has 0 aliphatic heterocycles. The first-order valence-corrected chi connectivity index (χ1v) is 3.02. The number of carbonyl (C=O) groups excluding carboxylic acids is 1. The Morgan fingerprint density at radius 2 is 2.33 bits per heavy atom. The van der Waals surface area contributed by atoms with Crippen molar-refractivity contribution in [2.45, 2.75) is 26.6 Å². The second-order valence-corrected chi connectivity index (χ2v) is 1.67. The van der Waals surface area contributed by atoms with E-state index in [-0.39, 0.29) is 0 Å². The van der Waals surface area contributed by atoms with Crippen LogP contribution in [0.2, 0.25) is 0 Å². The molecule has 0 spiro atoms. The molecule has 0 saturated carbocycles. The van der Waals surface area contributed by atoms with Crippen LogP contribution >= 0.6 is 0 Å². The molecular weight excluding hydrogens is 120 g/mol. The summed E-state index contributed by atoms with van der Waals surface area (Å²) < 4.78 is 9.42. The van der Waals surface area contributed by atoms with Gasteiger partial charge < -0.3 is 9.47 Å². The van der Waals surface area contributed by atoms with Gasteiger partial charge in [-0.3, -0.25) is 4.79 Å². The topological polar surface area (TPSA) is 35.5 Å². The van der Waals surface area contributed by atoms with Gasteiger partial charge in [0.15, 0.2) is 6.29 Å². The molecule has 0 saturated heterocycles. The fraction of sp³-hybridized carbons (Fsp3) is 0.833. The first kappa shape index (κ1) is 8.43. The molecule has 0 N–H and O–H groups in total. The van der Waals surface area contributed by atoms with Crippen molar-refractivity contribution in [2.75, 3.05) is 6.61 Å². The Balaban J connectivity index is 3.04. The lowest BCUT2D eigenvalue weighted by Gasteiger charge is -2.08. The van der Waals surface area contributed by atoms with Crippen molar-refractivity contribution in [2.24, 2.45) is 0 Å². The minimum absolute atomic E-state index is 0.389. The number of ether oxygens (including phenoxy) is 2. The number of rotatable bonds is 5. The van der Waals surface area contributed by atoms with E-state index in [1.54, 1.807) is 6.92 Å². The third-order valence-corrected chi connectivity index (χ3v) is 0.804. The zero-order valence-electron chi connectivity index (χ0n) is 5.79. The SMILES string of the molecule is CCCOC(C)OC=O. The average molecular weight is 132 g/mol. The first-order valence-electron chi connectivity index (χ1n) is 3.02. The van der Waals surface area contributed by atoms with Crippen molar-refractivity contribution in [1.29, 1.82) is 0 Å². The lowest BCUT2D eigenvalue weighted by molar-refractivity contribution is -0.159. The number of hydrogen-bond acceptors (Lipinski definition) is 3. The second kappa shape index (κ2) is 5.56. The Morgan fingerprint density at radius 3 is 2.78 bits per heavy atom. The smallest absolute Gasteiger partial charge is 0.295 e. The Bertz CT molecular complexity index is 72.7. The maximum atomic E-state index is 9.68. The van der Waals surface area contributed by atoms with Crippen LogP contribution in [0.5, 0.6) is 0 Å². The van der Waals surface area contributed by atoms with Gasteiger partial charge in [-0.1, -0.05) is 6.92 Å². The van der Waals surface area contributed by atoms with Gasteiger partial charge in [0.25, 0.3) is 6.47 Å². The number of hydrogen-bond donors (Lipinski definition) is 0. The molecule has 3 heteroatoms. The molecule has 0 aromatic heterocycles. The molecule has 0 aromatic carbocycles. The summed E-state index contributed by atoms with van der Waals surface area (Å²) in [6.45, 7) is 4.70. The summed E-state index contributed by atoms with van der Waals surface area (Å²) >= 11 is 0. The Kier molecular flexibility index (Phi) is 5.21. The quantitative estimate of drug-likeness (QED) is 0.412. The Hall–Kier alpha value is -0.570. The van der Waals surface area contributed by atoms with Crippen molar-refractivity contribution in [1.82, 2.24) is 0 Å². The Labute approximate surface area is 55.0 Å². The molecule has 1 atom stereocenters. The molecule has 0 amide bonds. The molecule has 0 aliphatic carbocycles. The van der Waals surface area contributed by atoms with E-state index < -0.39 is 6.29 Å². The highest BCUT2D eigenvalue weighted by atomic mass is 16.7. The van der Waals surface area contributed by atoms with Gasteiger partial charge in [0.05, 0.1) is 6.61 Å². The van der Waals surface area contributed by atoms with Crippen LogP contribution in [0.4, 0.5) is 0 Å². The summed E-state index contributed by atoms with van der Waals surface area (Å²) in [7, 11) is 0. The predicted octanol–water partition coefficient (Wildman–Crippen LogP) is 0.932. The minimum Gasteiger partial charge on any atom is -0.438 e. The highest BCUT2D eigenvalue weighted by Crippen LogP contribution is 1.91. The third kappa shape index (κ3) is 5.30. The maximum Gasteiger partial charge on any atom is 0.295 e. The van der Waals surface area contributed by atoms with E-state index in [4.69, 9.17) is 4.74 Å². The van der Waals surface area contributed by atoms with Crippen molar-refractivity contribution < 1.29 is 14.3 Å². The van der Waals surface area contributed by atoms with Crippen molar-refractivity contribution in [3.63, 3.8) is 0 Å². The van der Waals surface area contributed by atoms with Crippen molar-refractivity contribution in [3.05, 3.63) is 0 Å². The zero-order valence-corrected chi connectivity index (χ0v) is 5.79. The fourth-order valence-corrected chi connectivity index (χ4v) is 0.401. The fourth-order valence-electron chi connectivity index (χ4n) is 0.401. The molecule has 0 fully saturated rings. The van der Waals surface area contributed by atoms with Crippen molar-refractivity contribution in [3.8, 4) is 0 Å². The van der Waals surface area contributed by atoms with Gasteiger partial charge in [-0.05, 0) is 13.3 Å². The van der Waals surface area contributed by atoms with E-state index in [1.807, 2.05) is 6.92 Å². The normalized spacial score (nSPS) is 12.7. The summed E-state index contributed by atoms with van der Waals surface area (Å²) in [4.78, 5) is 9.68. The molecule has 1 unspecified atom stereocenters. The Morgan fingerprint density at radius 1 is 1.67 bits per heavy atom. The molecule has 0 heterocycles. The van der Waals surface area contributed by atoms with E-state index in [9.17, 15) is 4.79 Å². The van der Waals surface area contributed by atoms with Crippen LogP contribution in [0.3, 0.4) is 0 Å².